The molecule has 7 rings (SSSR count). The van der Waals surface area contributed by atoms with Crippen molar-refractivity contribution >= 4 is 11.8 Å². The number of rotatable bonds is 4. The molecule has 0 aromatic heterocycles. The molecular formula is C41H66N2O3. The van der Waals surface area contributed by atoms with Crippen LogP contribution in [-0.2, 0) is 9.59 Å². The summed E-state index contributed by atoms with van der Waals surface area (Å²) in [6.07, 6.45) is 14.0. The number of carbonyl (C=O) groups is 2. The van der Waals surface area contributed by atoms with Gasteiger partial charge in [0.25, 0.3) is 0 Å². The number of hydrogen-bond acceptors (Lipinski definition) is 3. The molecule has 0 radical (unpaired) electrons. The Morgan fingerprint density at radius 1 is 0.783 bits per heavy atom. The van der Waals surface area contributed by atoms with E-state index >= 15 is 0 Å². The number of aliphatic hydroxyl groups is 1. The molecule has 258 valence electrons. The van der Waals surface area contributed by atoms with Crippen molar-refractivity contribution in [2.75, 3.05) is 13.1 Å². The molecular weight excluding hydrogens is 568 g/mol. The van der Waals surface area contributed by atoms with Gasteiger partial charge in [-0.1, -0.05) is 60.6 Å². The number of amides is 2. The lowest BCUT2D eigenvalue weighted by atomic mass is 9.32. The lowest BCUT2D eigenvalue weighted by Crippen LogP contribution is -2.68. The number of carbonyl (C=O) groups excluding carboxylic acids is 2. The highest BCUT2D eigenvalue weighted by Crippen LogP contribution is 2.77. The van der Waals surface area contributed by atoms with Gasteiger partial charge in [0.1, 0.15) is 0 Å². The third kappa shape index (κ3) is 4.20. The smallest absolute Gasteiger partial charge is 0.226 e. The van der Waals surface area contributed by atoms with Crippen molar-refractivity contribution in [2.45, 2.75) is 151 Å². The Morgan fingerprint density at radius 2 is 1.48 bits per heavy atom. The predicted octanol–water partition coefficient (Wildman–Crippen LogP) is 8.16. The number of nitrogens with zero attached hydrogens (tertiary/aromatic N) is 1. The van der Waals surface area contributed by atoms with Gasteiger partial charge in [-0.25, -0.2) is 0 Å². The van der Waals surface area contributed by atoms with Crippen LogP contribution in [-0.4, -0.2) is 47.1 Å². The average Bonchev–Trinajstić information content (AvgIpc) is 3.67. The second-order valence-corrected chi connectivity index (χ2v) is 19.9. The van der Waals surface area contributed by atoms with Crippen molar-refractivity contribution in [1.82, 2.24) is 10.2 Å². The monoisotopic (exact) mass is 635 g/mol. The summed E-state index contributed by atoms with van der Waals surface area (Å²) in [7, 11) is 0. The first-order chi connectivity index (χ1) is 21.4. The van der Waals surface area contributed by atoms with Crippen LogP contribution in [0.3, 0.4) is 0 Å². The summed E-state index contributed by atoms with van der Waals surface area (Å²) in [5, 5.41) is 14.7. The van der Waals surface area contributed by atoms with E-state index < -0.39 is 0 Å². The summed E-state index contributed by atoms with van der Waals surface area (Å²) in [6.45, 7) is 25.6. The molecule has 1 aliphatic heterocycles. The number of aliphatic hydroxyl groups excluding tert-OH is 1. The summed E-state index contributed by atoms with van der Waals surface area (Å²) in [5.74, 6) is 3.13. The molecule has 0 aromatic carbocycles. The van der Waals surface area contributed by atoms with E-state index in [0.717, 1.165) is 70.9 Å². The highest BCUT2D eigenvalue weighted by Gasteiger charge is 2.72. The van der Waals surface area contributed by atoms with Crippen molar-refractivity contribution in [3.8, 4) is 0 Å². The number of fused-ring (bicyclic) bond motifs is 7. The fraction of sp³-hybridized carbons (Fsp3) is 0.902. The van der Waals surface area contributed by atoms with E-state index in [1.165, 1.54) is 31.3 Å². The maximum atomic E-state index is 14.8. The Hall–Kier alpha value is -1.36. The molecule has 12 atom stereocenters. The van der Waals surface area contributed by atoms with Crippen molar-refractivity contribution < 1.29 is 14.7 Å². The van der Waals surface area contributed by atoms with Gasteiger partial charge in [0.15, 0.2) is 0 Å². The third-order valence-corrected chi connectivity index (χ3v) is 17.8. The van der Waals surface area contributed by atoms with Crippen LogP contribution in [0.1, 0.15) is 139 Å². The van der Waals surface area contributed by atoms with Crippen molar-refractivity contribution in [2.24, 2.45) is 68.0 Å². The molecule has 0 bridgehead atoms. The molecule has 2 amide bonds. The molecule has 7 fully saturated rings. The topological polar surface area (TPSA) is 69.6 Å². The van der Waals surface area contributed by atoms with Crippen molar-refractivity contribution in [1.29, 1.82) is 0 Å². The van der Waals surface area contributed by atoms with Gasteiger partial charge in [-0.3, -0.25) is 9.59 Å². The molecule has 0 unspecified atom stereocenters. The Kier molecular flexibility index (Phi) is 7.62. The molecule has 1 heterocycles. The Balaban J connectivity index is 1.16. The van der Waals surface area contributed by atoms with Crippen LogP contribution < -0.4 is 5.32 Å². The molecule has 5 heteroatoms. The molecule has 2 N–H and O–H groups in total. The van der Waals surface area contributed by atoms with Crippen LogP contribution in [0, 0.1) is 68.0 Å². The second kappa shape index (κ2) is 10.6. The largest absolute Gasteiger partial charge is 0.393 e. The minimum atomic E-state index is -0.324. The fourth-order valence-corrected chi connectivity index (χ4v) is 14.6. The first-order valence-electron chi connectivity index (χ1n) is 19.4. The highest BCUT2D eigenvalue weighted by molar-refractivity contribution is 5.86. The van der Waals surface area contributed by atoms with Gasteiger partial charge in [0.05, 0.1) is 11.5 Å². The first kappa shape index (κ1) is 33.2. The van der Waals surface area contributed by atoms with Crippen LogP contribution in [0.5, 0.6) is 0 Å². The molecule has 7 aliphatic rings. The first-order valence-corrected chi connectivity index (χ1v) is 19.4. The van der Waals surface area contributed by atoms with Gasteiger partial charge in [-0.05, 0) is 147 Å². The van der Waals surface area contributed by atoms with Crippen LogP contribution in [0.25, 0.3) is 0 Å². The van der Waals surface area contributed by atoms with Crippen LogP contribution >= 0.6 is 0 Å². The highest BCUT2D eigenvalue weighted by atomic mass is 16.3. The van der Waals surface area contributed by atoms with Crippen LogP contribution in [0.4, 0.5) is 0 Å². The lowest BCUT2D eigenvalue weighted by Gasteiger charge is -2.72. The fourth-order valence-electron chi connectivity index (χ4n) is 14.6. The van der Waals surface area contributed by atoms with Crippen molar-refractivity contribution in [3.05, 3.63) is 12.2 Å². The van der Waals surface area contributed by atoms with E-state index in [0.29, 0.717) is 41.4 Å². The van der Waals surface area contributed by atoms with Gasteiger partial charge in [0.2, 0.25) is 11.8 Å². The summed E-state index contributed by atoms with van der Waals surface area (Å²) in [6, 6.07) is 0.0669. The zero-order valence-corrected chi connectivity index (χ0v) is 30.6. The van der Waals surface area contributed by atoms with Crippen LogP contribution in [0.15, 0.2) is 12.2 Å². The molecule has 0 aromatic rings. The Morgan fingerprint density at radius 3 is 2.13 bits per heavy atom. The van der Waals surface area contributed by atoms with Gasteiger partial charge in [-0.15, -0.1) is 0 Å². The van der Waals surface area contributed by atoms with E-state index in [4.69, 9.17) is 0 Å². The van der Waals surface area contributed by atoms with Gasteiger partial charge >= 0.3 is 0 Å². The van der Waals surface area contributed by atoms with Gasteiger partial charge < -0.3 is 15.3 Å². The maximum absolute atomic E-state index is 14.8. The summed E-state index contributed by atoms with van der Waals surface area (Å²) >= 11 is 0. The standard InChI is InChI=1S/C41H66N2O3/c1-25(2)26-14-19-41(35(46)42-31-24-28(36(31,3)4)34(45)43-22-10-11-23-43)21-20-39(8)27(33(26)41)12-13-30-38(7)17-16-32(44)37(5,6)29(38)15-18-40(30,39)9/h26-33,44H,1,10-24H2,2-9H3,(H,42,46)/t26-,27+,28+,29-,30+,31+,32-,33+,38-,39+,40+,41-/m0/s1. The Labute approximate surface area is 280 Å². The molecule has 1 saturated heterocycles. The van der Waals surface area contributed by atoms with Crippen LogP contribution in [0.2, 0.25) is 0 Å². The quantitative estimate of drug-likeness (QED) is 0.307. The molecule has 6 aliphatic carbocycles. The summed E-state index contributed by atoms with van der Waals surface area (Å²) in [4.78, 5) is 30.2. The van der Waals surface area contributed by atoms with E-state index in [2.05, 4.69) is 72.2 Å². The average molecular weight is 635 g/mol. The van der Waals surface area contributed by atoms with E-state index in [9.17, 15) is 14.7 Å². The predicted molar refractivity (Wildman–Crippen MR) is 185 cm³/mol. The lowest BCUT2D eigenvalue weighted by molar-refractivity contribution is -0.246. The van der Waals surface area contributed by atoms with E-state index in [1.807, 2.05) is 0 Å². The van der Waals surface area contributed by atoms with E-state index in [-0.39, 0.29) is 50.6 Å². The number of nitrogens with one attached hydrogen (secondary N) is 1. The molecule has 0 spiro atoms. The maximum Gasteiger partial charge on any atom is 0.226 e. The normalized spacial score (nSPS) is 50.3. The number of likely N-dealkylation sites (tertiary alicyclic amines) is 1. The minimum Gasteiger partial charge on any atom is -0.393 e. The third-order valence-electron chi connectivity index (χ3n) is 17.8. The Bertz CT molecular complexity index is 1280. The number of allylic oxidation sites excluding steroid dienone is 1. The van der Waals surface area contributed by atoms with E-state index in [1.54, 1.807) is 0 Å². The summed E-state index contributed by atoms with van der Waals surface area (Å²) in [5.41, 5.74) is 1.40. The second-order valence-electron chi connectivity index (χ2n) is 19.9. The van der Waals surface area contributed by atoms with Gasteiger partial charge in [0, 0.05) is 25.0 Å². The zero-order chi connectivity index (χ0) is 33.2. The SMILES string of the molecule is C=C(C)[C@@H]1CC[C@]2(C(=O)N[C@@H]3C[C@H](C(=O)N4CCCC4)C3(C)C)CC[C@]3(C)[C@H](CC[C@@H]4[C@@]5(C)CC[C@H](O)C(C)(C)[C@@H]5CC[C@]43C)[C@@H]12. The molecule has 46 heavy (non-hydrogen) atoms. The molecule has 5 nitrogen and oxygen atoms in total. The minimum absolute atomic E-state index is 0.0168. The summed E-state index contributed by atoms with van der Waals surface area (Å²) < 4.78 is 0. The van der Waals surface area contributed by atoms with Crippen molar-refractivity contribution in [3.63, 3.8) is 0 Å². The van der Waals surface area contributed by atoms with Gasteiger partial charge in [-0.2, -0.15) is 0 Å². The zero-order valence-electron chi connectivity index (χ0n) is 30.6. The molecule has 6 saturated carbocycles. The number of hydrogen-bond donors (Lipinski definition) is 2.